The van der Waals surface area contributed by atoms with Crippen LogP contribution in [0.1, 0.15) is 12.8 Å². The molecule has 36 valence electrons. The average molecular weight is 86.1 g/mol. The second-order valence-electron chi connectivity index (χ2n) is 1.64. The molecule has 0 saturated carbocycles. The van der Waals surface area contributed by atoms with Crippen molar-refractivity contribution >= 4 is 0 Å². The van der Waals surface area contributed by atoms with Gasteiger partial charge in [-0.25, -0.2) is 0 Å². The molecule has 0 aromatic heterocycles. The van der Waals surface area contributed by atoms with Gasteiger partial charge >= 0.3 is 0 Å². The first-order chi connectivity index (χ1) is 2.89. The summed E-state index contributed by atoms with van der Waals surface area (Å²) in [5.74, 6) is 0. The van der Waals surface area contributed by atoms with E-state index in [1.807, 2.05) is 0 Å². The first-order valence-electron chi connectivity index (χ1n) is 2.32. The van der Waals surface area contributed by atoms with Crippen LogP contribution in [0.15, 0.2) is 0 Å². The Balaban J connectivity index is 2.18. The molecule has 1 fully saturated rings. The van der Waals surface area contributed by atoms with Crippen molar-refractivity contribution in [3.05, 3.63) is 5.21 Å². The molecule has 0 radical (unpaired) electrons. The van der Waals surface area contributed by atoms with E-state index in [-0.39, 0.29) is 0 Å². The van der Waals surface area contributed by atoms with E-state index in [2.05, 4.69) is 0 Å². The third kappa shape index (κ3) is 0.698. The highest BCUT2D eigenvalue weighted by Gasteiger charge is 1.98. The van der Waals surface area contributed by atoms with Crippen LogP contribution in [-0.4, -0.2) is 18.2 Å². The van der Waals surface area contributed by atoms with Gasteiger partial charge < -0.3 is 10.3 Å². The van der Waals surface area contributed by atoms with Crippen molar-refractivity contribution in [2.24, 2.45) is 0 Å². The average Bonchev–Trinajstić information content (AvgIpc) is 1.86. The summed E-state index contributed by atoms with van der Waals surface area (Å²) in [5.41, 5.74) is 0. The van der Waals surface area contributed by atoms with Crippen LogP contribution in [-0.2, 0) is 0 Å². The zero-order valence-corrected chi connectivity index (χ0v) is 3.68. The molecule has 1 aliphatic rings. The van der Waals surface area contributed by atoms with Crippen LogP contribution in [0.2, 0.25) is 0 Å². The van der Waals surface area contributed by atoms with Crippen LogP contribution in [0.4, 0.5) is 0 Å². The monoisotopic (exact) mass is 86.1 g/mol. The van der Waals surface area contributed by atoms with Crippen LogP contribution in [0.5, 0.6) is 0 Å². The standard InChI is InChI=1S/C4H8NO/c6-5-3-1-2-4-5/h1-4H2/q-1. The Morgan fingerprint density at radius 2 is 1.67 bits per heavy atom. The highest BCUT2D eigenvalue weighted by Crippen LogP contribution is 2.03. The zero-order chi connectivity index (χ0) is 4.41. The van der Waals surface area contributed by atoms with E-state index < -0.39 is 0 Å². The van der Waals surface area contributed by atoms with Gasteiger partial charge in [0.05, 0.1) is 0 Å². The number of nitrogens with zero attached hydrogens (tertiary/aromatic N) is 1. The molecule has 0 aromatic carbocycles. The Morgan fingerprint density at radius 1 is 1.17 bits per heavy atom. The van der Waals surface area contributed by atoms with Crippen molar-refractivity contribution in [1.82, 2.24) is 5.06 Å². The fourth-order valence-electron chi connectivity index (χ4n) is 0.688. The molecular weight excluding hydrogens is 78.0 g/mol. The summed E-state index contributed by atoms with van der Waals surface area (Å²) in [6.45, 7) is 1.53. The summed E-state index contributed by atoms with van der Waals surface area (Å²) in [6.07, 6.45) is 2.20. The van der Waals surface area contributed by atoms with Gasteiger partial charge in [-0.15, -0.1) is 0 Å². The van der Waals surface area contributed by atoms with Gasteiger partial charge in [-0.3, -0.25) is 0 Å². The first kappa shape index (κ1) is 4.09. The molecule has 1 rings (SSSR count). The predicted octanol–water partition coefficient (Wildman–Crippen LogP) is 0.580. The summed E-state index contributed by atoms with van der Waals surface area (Å²) < 4.78 is 0. The number of hydroxylamine groups is 2. The van der Waals surface area contributed by atoms with Gasteiger partial charge in [-0.2, -0.15) is 0 Å². The number of hydrogen-bond donors (Lipinski definition) is 0. The minimum absolute atomic E-state index is 0.764. The van der Waals surface area contributed by atoms with Gasteiger partial charge in [0.2, 0.25) is 0 Å². The summed E-state index contributed by atoms with van der Waals surface area (Å²) >= 11 is 0. The Hall–Kier alpha value is -0.0800. The molecule has 2 heteroatoms. The van der Waals surface area contributed by atoms with Crippen molar-refractivity contribution in [3.63, 3.8) is 0 Å². The van der Waals surface area contributed by atoms with Crippen LogP contribution in [0.3, 0.4) is 0 Å². The lowest BCUT2D eigenvalue weighted by molar-refractivity contribution is 0.471. The summed E-state index contributed by atoms with van der Waals surface area (Å²) in [4.78, 5) is 0. The maximum Gasteiger partial charge on any atom is -0.0144 e. The molecule has 0 atom stereocenters. The lowest BCUT2D eigenvalue weighted by Crippen LogP contribution is -2.07. The zero-order valence-electron chi connectivity index (χ0n) is 3.68. The maximum absolute atomic E-state index is 10.2. The van der Waals surface area contributed by atoms with Gasteiger partial charge in [0.1, 0.15) is 0 Å². The van der Waals surface area contributed by atoms with E-state index in [1.165, 1.54) is 0 Å². The van der Waals surface area contributed by atoms with Crippen molar-refractivity contribution in [2.45, 2.75) is 12.8 Å². The van der Waals surface area contributed by atoms with Crippen molar-refractivity contribution in [1.29, 1.82) is 0 Å². The molecule has 0 N–H and O–H groups in total. The number of hydrogen-bond acceptors (Lipinski definition) is 2. The van der Waals surface area contributed by atoms with Crippen LogP contribution >= 0.6 is 0 Å². The molecule has 2 nitrogen and oxygen atoms in total. The summed E-state index contributed by atoms with van der Waals surface area (Å²) in [6, 6.07) is 0. The van der Waals surface area contributed by atoms with E-state index in [0.717, 1.165) is 31.0 Å². The van der Waals surface area contributed by atoms with Gasteiger partial charge in [0.25, 0.3) is 0 Å². The van der Waals surface area contributed by atoms with E-state index >= 15 is 0 Å². The fraction of sp³-hybridized carbons (Fsp3) is 1.00. The molecule has 0 aliphatic carbocycles. The third-order valence-electron chi connectivity index (χ3n) is 1.07. The topological polar surface area (TPSA) is 26.3 Å². The minimum Gasteiger partial charge on any atom is -0.785 e. The Labute approximate surface area is 37.3 Å². The minimum atomic E-state index is 0.764. The molecule has 0 bridgehead atoms. The molecule has 1 heterocycles. The Kier molecular flexibility index (Phi) is 1.08. The number of rotatable bonds is 0. The molecule has 0 spiro atoms. The first-order valence-corrected chi connectivity index (χ1v) is 2.32. The van der Waals surface area contributed by atoms with Crippen LogP contribution in [0.25, 0.3) is 0 Å². The van der Waals surface area contributed by atoms with E-state index in [9.17, 15) is 5.21 Å². The normalized spacial score (nSPS) is 25.5. The molecule has 0 amide bonds. The smallest absolute Gasteiger partial charge is 0.0144 e. The molecule has 1 aliphatic heterocycles. The molecule has 1 saturated heterocycles. The highest BCUT2D eigenvalue weighted by molar-refractivity contribution is 4.64. The third-order valence-corrected chi connectivity index (χ3v) is 1.07. The van der Waals surface area contributed by atoms with E-state index in [1.54, 1.807) is 0 Å². The lowest BCUT2D eigenvalue weighted by Gasteiger charge is -2.18. The molecule has 6 heavy (non-hydrogen) atoms. The second-order valence-corrected chi connectivity index (χ2v) is 1.64. The van der Waals surface area contributed by atoms with E-state index in [0.29, 0.717) is 0 Å². The molecular formula is C4H8NO-. The highest BCUT2D eigenvalue weighted by atomic mass is 16.5. The Morgan fingerprint density at radius 3 is 1.83 bits per heavy atom. The van der Waals surface area contributed by atoms with Gasteiger partial charge in [-0.05, 0) is 25.9 Å². The van der Waals surface area contributed by atoms with Gasteiger partial charge in [0.15, 0.2) is 0 Å². The van der Waals surface area contributed by atoms with Crippen LogP contribution < -0.4 is 0 Å². The predicted molar refractivity (Wildman–Crippen MR) is 24.2 cm³/mol. The van der Waals surface area contributed by atoms with Gasteiger partial charge in [-0.1, -0.05) is 0 Å². The fourth-order valence-corrected chi connectivity index (χ4v) is 0.688. The second kappa shape index (κ2) is 1.58. The summed E-state index contributed by atoms with van der Waals surface area (Å²) in [7, 11) is 0. The molecule has 0 aromatic rings. The SMILES string of the molecule is [O-]N1CCCC1. The summed E-state index contributed by atoms with van der Waals surface area (Å²) in [5, 5.41) is 11.3. The van der Waals surface area contributed by atoms with Crippen molar-refractivity contribution in [2.75, 3.05) is 13.1 Å². The maximum atomic E-state index is 10.2. The van der Waals surface area contributed by atoms with E-state index in [4.69, 9.17) is 0 Å². The quantitative estimate of drug-likeness (QED) is 0.431. The van der Waals surface area contributed by atoms with Gasteiger partial charge in [0, 0.05) is 0 Å². The molecule has 0 unspecified atom stereocenters. The lowest BCUT2D eigenvalue weighted by atomic mass is 10.4. The largest absolute Gasteiger partial charge is 0.785 e. The Bertz CT molecular complexity index is 40.8. The van der Waals surface area contributed by atoms with Crippen LogP contribution in [0, 0.1) is 5.21 Å². The van der Waals surface area contributed by atoms with Crippen molar-refractivity contribution in [3.8, 4) is 0 Å². The van der Waals surface area contributed by atoms with Crippen molar-refractivity contribution < 1.29 is 0 Å².